The van der Waals surface area contributed by atoms with E-state index in [4.69, 9.17) is 4.74 Å². The van der Waals surface area contributed by atoms with Crippen molar-refractivity contribution in [3.05, 3.63) is 59.8 Å². The first-order valence-electron chi connectivity index (χ1n) is 11.4. The van der Waals surface area contributed by atoms with Crippen molar-refractivity contribution in [2.45, 2.75) is 6.92 Å². The van der Waals surface area contributed by atoms with E-state index in [2.05, 4.69) is 30.6 Å². The number of carbonyl (C=O) groups excluding carboxylic acids is 1. The Labute approximate surface area is 201 Å². The maximum absolute atomic E-state index is 14.6. The average Bonchev–Trinajstić information content (AvgIpc) is 3.26. The van der Waals surface area contributed by atoms with Gasteiger partial charge in [-0.05, 0) is 36.8 Å². The van der Waals surface area contributed by atoms with Gasteiger partial charge in [-0.25, -0.2) is 14.4 Å². The molecule has 10 heteroatoms. The summed E-state index contributed by atoms with van der Waals surface area (Å²) in [4.78, 5) is 24.1. The number of aromatic nitrogens is 4. The maximum atomic E-state index is 14.6. The Morgan fingerprint density at radius 3 is 2.80 bits per heavy atom. The molecule has 0 unspecified atom stereocenters. The number of benzene rings is 2. The Kier molecular flexibility index (Phi) is 6.04. The van der Waals surface area contributed by atoms with Gasteiger partial charge in [0.25, 0.3) is 5.91 Å². The molecule has 1 amide bonds. The number of fused-ring (bicyclic) bond motifs is 1. The van der Waals surface area contributed by atoms with Crippen molar-refractivity contribution in [3.63, 3.8) is 0 Å². The predicted octanol–water partition coefficient (Wildman–Crippen LogP) is 3.15. The van der Waals surface area contributed by atoms with Gasteiger partial charge < -0.3 is 20.3 Å². The highest BCUT2D eigenvalue weighted by molar-refractivity contribution is 6.09. The highest BCUT2D eigenvalue weighted by Crippen LogP contribution is 2.37. The second-order valence-corrected chi connectivity index (χ2v) is 8.39. The molecular weight excluding hydrogens is 449 g/mol. The van der Waals surface area contributed by atoms with Crippen LogP contribution in [0.3, 0.4) is 0 Å². The molecule has 9 nitrogen and oxygen atoms in total. The van der Waals surface area contributed by atoms with E-state index in [-0.39, 0.29) is 17.1 Å². The van der Waals surface area contributed by atoms with Gasteiger partial charge in [0.1, 0.15) is 17.3 Å². The van der Waals surface area contributed by atoms with Gasteiger partial charge in [-0.1, -0.05) is 6.07 Å². The molecule has 3 heterocycles. The number of rotatable bonds is 5. The van der Waals surface area contributed by atoms with E-state index in [1.54, 1.807) is 12.1 Å². The van der Waals surface area contributed by atoms with Crippen LogP contribution in [0, 0.1) is 12.7 Å². The second kappa shape index (κ2) is 9.30. The fourth-order valence-electron chi connectivity index (χ4n) is 4.58. The molecule has 0 atom stereocenters. The lowest BCUT2D eigenvalue weighted by molar-refractivity contribution is 0.102. The fourth-order valence-corrected chi connectivity index (χ4v) is 4.58. The van der Waals surface area contributed by atoms with Gasteiger partial charge in [0, 0.05) is 44.8 Å². The summed E-state index contributed by atoms with van der Waals surface area (Å²) in [6, 6.07) is 7.94. The third-order valence-electron chi connectivity index (χ3n) is 6.17. The molecule has 0 spiro atoms. The Bertz CT molecular complexity index is 1410. The quantitative estimate of drug-likeness (QED) is 0.458. The van der Waals surface area contributed by atoms with Gasteiger partial charge in [-0.15, -0.1) is 0 Å². The second-order valence-electron chi connectivity index (χ2n) is 8.39. The van der Waals surface area contributed by atoms with Crippen LogP contribution in [0.1, 0.15) is 16.1 Å². The summed E-state index contributed by atoms with van der Waals surface area (Å²) < 4.78 is 21.7. The van der Waals surface area contributed by atoms with Crippen molar-refractivity contribution in [1.29, 1.82) is 0 Å². The zero-order valence-electron chi connectivity index (χ0n) is 19.8. The van der Waals surface area contributed by atoms with E-state index >= 15 is 0 Å². The maximum Gasteiger partial charge on any atom is 0.274 e. The summed E-state index contributed by atoms with van der Waals surface area (Å²) in [6.45, 7) is 5.31. The van der Waals surface area contributed by atoms with Crippen LogP contribution >= 0.6 is 0 Å². The van der Waals surface area contributed by atoms with Gasteiger partial charge in [-0.2, -0.15) is 5.10 Å². The number of hydrogen-bond donors (Lipinski definition) is 2. The molecule has 4 aromatic rings. The lowest BCUT2D eigenvalue weighted by atomic mass is 10.1. The summed E-state index contributed by atoms with van der Waals surface area (Å²) in [5, 5.41) is 11.8. The lowest BCUT2D eigenvalue weighted by Crippen LogP contribution is -2.44. The molecular formula is C25H26FN7O2. The monoisotopic (exact) mass is 475 g/mol. The lowest BCUT2D eigenvalue weighted by Gasteiger charge is -2.32. The topological polar surface area (TPSA) is 97.2 Å². The van der Waals surface area contributed by atoms with E-state index in [0.29, 0.717) is 11.4 Å². The molecule has 2 aromatic carbocycles. The Morgan fingerprint density at radius 1 is 1.23 bits per heavy atom. The molecule has 0 radical (unpaired) electrons. The van der Waals surface area contributed by atoms with Gasteiger partial charge >= 0.3 is 0 Å². The standard InChI is InChI=1S/C25H26FN7O2/c1-15-13-19(23(33-11-9-27-10-12-33)16-14-29-32(2)22(15)16)31-25(34)18-7-8-28-24(30-18)21-17(26)5-4-6-20(21)35-3/h4-8,13-14,27H,9-12H2,1-3H3,(H,31,34). The van der Waals surface area contributed by atoms with Crippen molar-refractivity contribution in [1.82, 2.24) is 25.1 Å². The minimum absolute atomic E-state index is 0.0776. The Balaban J connectivity index is 1.54. The molecule has 1 aliphatic heterocycles. The van der Waals surface area contributed by atoms with Crippen LogP contribution in [-0.2, 0) is 7.05 Å². The highest BCUT2D eigenvalue weighted by atomic mass is 19.1. The molecule has 0 saturated carbocycles. The van der Waals surface area contributed by atoms with Crippen LogP contribution in [0.2, 0.25) is 0 Å². The Hall–Kier alpha value is -4.05. The van der Waals surface area contributed by atoms with Gasteiger partial charge in [0.15, 0.2) is 5.82 Å². The van der Waals surface area contributed by atoms with Crippen LogP contribution in [0.15, 0.2) is 42.7 Å². The fraction of sp³-hybridized carbons (Fsp3) is 0.280. The first kappa shape index (κ1) is 22.7. The van der Waals surface area contributed by atoms with Crippen LogP contribution in [0.5, 0.6) is 5.75 Å². The molecule has 180 valence electrons. The number of nitrogens with zero attached hydrogens (tertiary/aromatic N) is 5. The minimum Gasteiger partial charge on any atom is -0.496 e. The number of aryl methyl sites for hydroxylation is 2. The summed E-state index contributed by atoms with van der Waals surface area (Å²) in [5.41, 5.74) is 3.85. The van der Waals surface area contributed by atoms with Crippen molar-refractivity contribution in [2.24, 2.45) is 7.05 Å². The Morgan fingerprint density at radius 2 is 2.03 bits per heavy atom. The van der Waals surface area contributed by atoms with Gasteiger partial charge in [0.05, 0.1) is 35.8 Å². The van der Waals surface area contributed by atoms with Crippen molar-refractivity contribution < 1.29 is 13.9 Å². The molecule has 2 aromatic heterocycles. The average molecular weight is 476 g/mol. The van der Waals surface area contributed by atoms with Crippen LogP contribution < -0.4 is 20.3 Å². The van der Waals surface area contributed by atoms with Crippen molar-refractivity contribution in [2.75, 3.05) is 43.5 Å². The molecule has 2 N–H and O–H groups in total. The molecule has 0 aliphatic carbocycles. The third kappa shape index (κ3) is 4.17. The van der Waals surface area contributed by atoms with Crippen LogP contribution in [-0.4, -0.2) is 58.9 Å². The number of nitrogens with one attached hydrogen (secondary N) is 2. The van der Waals surface area contributed by atoms with E-state index in [1.807, 2.05) is 30.9 Å². The van der Waals surface area contributed by atoms with E-state index < -0.39 is 11.7 Å². The molecule has 0 bridgehead atoms. The molecule has 35 heavy (non-hydrogen) atoms. The number of ether oxygens (including phenoxy) is 1. The van der Waals surface area contributed by atoms with Crippen LogP contribution in [0.4, 0.5) is 15.8 Å². The normalized spacial score (nSPS) is 13.8. The number of amides is 1. The van der Waals surface area contributed by atoms with Crippen molar-refractivity contribution in [3.8, 4) is 17.1 Å². The first-order valence-corrected chi connectivity index (χ1v) is 11.4. The molecule has 1 fully saturated rings. The van der Waals surface area contributed by atoms with E-state index in [9.17, 15) is 9.18 Å². The van der Waals surface area contributed by atoms with E-state index in [0.717, 1.165) is 48.3 Å². The smallest absolute Gasteiger partial charge is 0.274 e. The summed E-state index contributed by atoms with van der Waals surface area (Å²) in [6.07, 6.45) is 3.28. The van der Waals surface area contributed by atoms with Crippen molar-refractivity contribution >= 4 is 28.2 Å². The number of halogens is 1. The molecule has 1 aliphatic rings. The third-order valence-corrected chi connectivity index (χ3v) is 6.17. The summed E-state index contributed by atoms with van der Waals surface area (Å²) in [7, 11) is 3.36. The summed E-state index contributed by atoms with van der Waals surface area (Å²) in [5.74, 6) is -0.571. The zero-order valence-corrected chi connectivity index (χ0v) is 19.8. The number of piperazine rings is 1. The van der Waals surface area contributed by atoms with Gasteiger partial charge in [-0.3, -0.25) is 9.48 Å². The minimum atomic E-state index is -0.527. The van der Waals surface area contributed by atoms with Gasteiger partial charge in [0.2, 0.25) is 0 Å². The number of anilines is 2. The zero-order chi connectivity index (χ0) is 24.5. The summed E-state index contributed by atoms with van der Waals surface area (Å²) >= 11 is 0. The largest absolute Gasteiger partial charge is 0.496 e. The SMILES string of the molecule is COc1cccc(F)c1-c1nccc(C(=O)Nc2cc(C)c3c(cnn3C)c2N2CCNCC2)n1. The number of hydrogen-bond acceptors (Lipinski definition) is 7. The number of methoxy groups -OCH3 is 1. The molecule has 5 rings (SSSR count). The first-order chi connectivity index (χ1) is 17.0. The molecule has 1 saturated heterocycles. The van der Waals surface area contributed by atoms with E-state index in [1.165, 1.54) is 25.4 Å². The number of carbonyl (C=O) groups is 1. The predicted molar refractivity (Wildman–Crippen MR) is 132 cm³/mol. The van der Waals surface area contributed by atoms with Crippen LogP contribution in [0.25, 0.3) is 22.3 Å². The highest BCUT2D eigenvalue weighted by Gasteiger charge is 2.23.